The van der Waals surface area contributed by atoms with Crippen LogP contribution in [0.3, 0.4) is 0 Å². The second-order valence-electron chi connectivity index (χ2n) is 4.54. The molecule has 5 nitrogen and oxygen atoms in total. The predicted molar refractivity (Wildman–Crippen MR) is 66.7 cm³/mol. The summed E-state index contributed by atoms with van der Waals surface area (Å²) < 4.78 is 11.5. The van der Waals surface area contributed by atoms with Gasteiger partial charge in [-0.3, -0.25) is 9.69 Å². The number of aliphatic carboxylic acids is 1. The van der Waals surface area contributed by atoms with Gasteiger partial charge in [0.2, 0.25) is 6.79 Å². The number of carboxylic acids is 1. The smallest absolute Gasteiger partial charge is 0.309 e. The van der Waals surface area contributed by atoms with Gasteiger partial charge in [-0.15, -0.1) is 0 Å². The fourth-order valence-electron chi connectivity index (χ4n) is 2.23. The number of fused-ring (bicyclic) bond motifs is 1. The summed E-state index contributed by atoms with van der Waals surface area (Å²) in [5, 5.41) is 8.82. The van der Waals surface area contributed by atoms with Crippen molar-refractivity contribution in [3.05, 3.63) is 22.2 Å². The first kappa shape index (κ1) is 11.8. The van der Waals surface area contributed by atoms with Gasteiger partial charge >= 0.3 is 5.97 Å². The highest BCUT2D eigenvalue weighted by atomic mass is 79.9. The van der Waals surface area contributed by atoms with Gasteiger partial charge in [0.1, 0.15) is 0 Å². The summed E-state index contributed by atoms with van der Waals surface area (Å²) in [6, 6.07) is 3.93. The Morgan fingerprint density at radius 3 is 2.94 bits per heavy atom. The van der Waals surface area contributed by atoms with E-state index in [-0.39, 0.29) is 12.7 Å². The van der Waals surface area contributed by atoms with E-state index in [1.54, 1.807) is 0 Å². The molecule has 0 amide bonds. The minimum Gasteiger partial charge on any atom is -0.481 e. The molecule has 1 aromatic carbocycles. The summed E-state index contributed by atoms with van der Waals surface area (Å²) in [6.45, 7) is 2.21. The zero-order chi connectivity index (χ0) is 12.7. The lowest BCUT2D eigenvalue weighted by molar-refractivity contribution is -0.147. The largest absolute Gasteiger partial charge is 0.481 e. The monoisotopic (exact) mass is 313 g/mol. The molecule has 0 spiro atoms. The van der Waals surface area contributed by atoms with Crippen LogP contribution in [0.2, 0.25) is 0 Å². The maximum Gasteiger partial charge on any atom is 0.309 e. The summed E-state index contributed by atoms with van der Waals surface area (Å²) >= 11 is 3.45. The Balaban J connectivity index is 1.68. The molecule has 2 heterocycles. The van der Waals surface area contributed by atoms with E-state index in [0.29, 0.717) is 13.1 Å². The van der Waals surface area contributed by atoms with Crippen LogP contribution in [0.5, 0.6) is 11.5 Å². The molecular formula is C12H12BrNO4. The van der Waals surface area contributed by atoms with Crippen molar-refractivity contribution in [1.29, 1.82) is 0 Å². The van der Waals surface area contributed by atoms with Crippen molar-refractivity contribution in [2.24, 2.45) is 5.92 Å². The molecule has 1 N–H and O–H groups in total. The molecule has 2 aliphatic rings. The van der Waals surface area contributed by atoms with Crippen molar-refractivity contribution in [3.63, 3.8) is 0 Å². The lowest BCUT2D eigenvalue weighted by Crippen LogP contribution is -2.49. The number of likely N-dealkylation sites (tertiary alicyclic amines) is 1. The molecule has 18 heavy (non-hydrogen) atoms. The van der Waals surface area contributed by atoms with Crippen LogP contribution in [0.15, 0.2) is 16.6 Å². The zero-order valence-electron chi connectivity index (χ0n) is 9.56. The van der Waals surface area contributed by atoms with Crippen molar-refractivity contribution in [1.82, 2.24) is 4.90 Å². The van der Waals surface area contributed by atoms with Crippen molar-refractivity contribution >= 4 is 21.9 Å². The Morgan fingerprint density at radius 1 is 1.44 bits per heavy atom. The van der Waals surface area contributed by atoms with E-state index >= 15 is 0 Å². The molecule has 0 atom stereocenters. The number of ether oxygens (including phenoxy) is 2. The van der Waals surface area contributed by atoms with E-state index in [4.69, 9.17) is 14.6 Å². The van der Waals surface area contributed by atoms with Crippen LogP contribution in [-0.2, 0) is 11.3 Å². The molecular weight excluding hydrogens is 302 g/mol. The molecule has 1 fully saturated rings. The zero-order valence-corrected chi connectivity index (χ0v) is 11.1. The van der Waals surface area contributed by atoms with E-state index in [0.717, 1.165) is 28.1 Å². The second-order valence-corrected chi connectivity index (χ2v) is 5.40. The first-order valence-electron chi connectivity index (χ1n) is 5.66. The first-order valence-corrected chi connectivity index (χ1v) is 6.46. The number of rotatable bonds is 3. The van der Waals surface area contributed by atoms with E-state index < -0.39 is 5.97 Å². The van der Waals surface area contributed by atoms with Gasteiger partial charge in [-0.05, 0) is 33.6 Å². The Hall–Kier alpha value is -1.27. The summed E-state index contributed by atoms with van der Waals surface area (Å²) in [5.41, 5.74) is 1.09. The summed E-state index contributed by atoms with van der Waals surface area (Å²) in [4.78, 5) is 12.8. The van der Waals surface area contributed by atoms with Crippen LogP contribution < -0.4 is 9.47 Å². The van der Waals surface area contributed by atoms with Crippen molar-refractivity contribution in [2.45, 2.75) is 6.54 Å². The van der Waals surface area contributed by atoms with Gasteiger partial charge in [-0.25, -0.2) is 0 Å². The first-order chi connectivity index (χ1) is 8.63. The Kier molecular flexibility index (Phi) is 2.91. The third-order valence-corrected chi connectivity index (χ3v) is 3.79. The second kappa shape index (κ2) is 4.44. The van der Waals surface area contributed by atoms with Crippen molar-refractivity contribution in [3.8, 4) is 11.5 Å². The molecule has 0 saturated carbocycles. The van der Waals surface area contributed by atoms with E-state index in [1.165, 1.54) is 0 Å². The molecule has 6 heteroatoms. The van der Waals surface area contributed by atoms with Gasteiger partial charge in [0.25, 0.3) is 0 Å². The summed E-state index contributed by atoms with van der Waals surface area (Å²) in [6.07, 6.45) is 0. The minimum atomic E-state index is -0.710. The highest BCUT2D eigenvalue weighted by Crippen LogP contribution is 2.40. The van der Waals surface area contributed by atoms with Crippen LogP contribution in [0.1, 0.15) is 5.56 Å². The third kappa shape index (κ3) is 2.06. The van der Waals surface area contributed by atoms with Crippen molar-refractivity contribution < 1.29 is 19.4 Å². The van der Waals surface area contributed by atoms with Gasteiger partial charge in [0.05, 0.1) is 10.4 Å². The average Bonchev–Trinajstić information content (AvgIpc) is 2.70. The van der Waals surface area contributed by atoms with Crippen LogP contribution in [0, 0.1) is 5.92 Å². The van der Waals surface area contributed by atoms with E-state index in [1.807, 2.05) is 12.1 Å². The van der Waals surface area contributed by atoms with E-state index in [9.17, 15) is 4.79 Å². The van der Waals surface area contributed by atoms with Crippen LogP contribution in [-0.4, -0.2) is 35.9 Å². The Morgan fingerprint density at radius 2 is 2.22 bits per heavy atom. The van der Waals surface area contributed by atoms with Crippen molar-refractivity contribution in [2.75, 3.05) is 19.9 Å². The van der Waals surface area contributed by atoms with E-state index in [2.05, 4.69) is 20.8 Å². The highest BCUT2D eigenvalue weighted by Gasteiger charge is 2.32. The number of carboxylic acid groups (broad SMARTS) is 1. The van der Waals surface area contributed by atoms with Gasteiger partial charge < -0.3 is 14.6 Å². The quantitative estimate of drug-likeness (QED) is 0.920. The number of hydrogen-bond donors (Lipinski definition) is 1. The molecule has 2 aliphatic heterocycles. The predicted octanol–water partition coefficient (Wildman–Crippen LogP) is 1.69. The third-order valence-electron chi connectivity index (χ3n) is 3.20. The van der Waals surface area contributed by atoms with Crippen LogP contribution in [0.25, 0.3) is 0 Å². The molecule has 0 aromatic heterocycles. The normalized spacial score (nSPS) is 18.7. The lowest BCUT2D eigenvalue weighted by atomic mass is 9.99. The maximum atomic E-state index is 10.7. The van der Waals surface area contributed by atoms with Gasteiger partial charge in [-0.1, -0.05) is 0 Å². The number of carbonyl (C=O) groups is 1. The molecule has 0 unspecified atom stereocenters. The number of nitrogens with zero attached hydrogens (tertiary/aromatic N) is 1. The average molecular weight is 314 g/mol. The topological polar surface area (TPSA) is 59.0 Å². The molecule has 0 bridgehead atoms. The fourth-order valence-corrected chi connectivity index (χ4v) is 2.83. The highest BCUT2D eigenvalue weighted by molar-refractivity contribution is 9.10. The Labute approximate surface area is 112 Å². The molecule has 1 aromatic rings. The minimum absolute atomic E-state index is 0.220. The Bertz CT molecular complexity index is 499. The summed E-state index contributed by atoms with van der Waals surface area (Å²) in [7, 11) is 0. The number of hydrogen-bond acceptors (Lipinski definition) is 4. The van der Waals surface area contributed by atoms with Gasteiger partial charge in [-0.2, -0.15) is 0 Å². The summed E-state index contributed by atoms with van der Waals surface area (Å²) in [5.74, 6) is 0.557. The maximum absolute atomic E-state index is 10.7. The lowest BCUT2D eigenvalue weighted by Gasteiger charge is -2.36. The van der Waals surface area contributed by atoms with Gasteiger partial charge in [0, 0.05) is 19.6 Å². The molecule has 0 radical (unpaired) electrons. The number of halogens is 1. The molecule has 1 saturated heterocycles. The molecule has 0 aliphatic carbocycles. The molecule has 3 rings (SSSR count). The number of benzene rings is 1. The SMILES string of the molecule is O=C(O)C1CN(Cc2cc(Br)c3c(c2)OCO3)C1. The molecule has 96 valence electrons. The standard InChI is InChI=1S/C12H12BrNO4/c13-9-1-7(2-10-11(9)18-6-17-10)3-14-4-8(5-14)12(15)16/h1-2,8H,3-6H2,(H,15,16). The fraction of sp³-hybridized carbons (Fsp3) is 0.417. The van der Waals surface area contributed by atoms with Crippen LogP contribution in [0.4, 0.5) is 0 Å². The van der Waals surface area contributed by atoms with Gasteiger partial charge in [0.15, 0.2) is 11.5 Å². The van der Waals surface area contributed by atoms with Crippen LogP contribution >= 0.6 is 15.9 Å².